The number of nitrogens with zero attached hydrogens (tertiary/aromatic N) is 2. The van der Waals surface area contributed by atoms with Gasteiger partial charge in [0.15, 0.2) is 0 Å². The number of rotatable bonds is 3. The van der Waals surface area contributed by atoms with E-state index in [-0.39, 0.29) is 17.1 Å². The Morgan fingerprint density at radius 3 is 2.81 bits per heavy atom. The molecule has 2 heterocycles. The first-order chi connectivity index (χ1) is 12.5. The number of nitrogens with one attached hydrogen (secondary N) is 1. The molecule has 1 saturated heterocycles. The van der Waals surface area contributed by atoms with Crippen molar-refractivity contribution in [1.82, 2.24) is 10.1 Å². The van der Waals surface area contributed by atoms with Crippen molar-refractivity contribution in [3.05, 3.63) is 46.3 Å². The van der Waals surface area contributed by atoms with Crippen LogP contribution in [-0.4, -0.2) is 35.7 Å². The van der Waals surface area contributed by atoms with Gasteiger partial charge in [0.25, 0.3) is 0 Å². The van der Waals surface area contributed by atoms with Gasteiger partial charge in [0.05, 0.1) is 29.4 Å². The second-order valence-corrected chi connectivity index (χ2v) is 6.59. The molecule has 7 nitrogen and oxygen atoms in total. The number of hydrogen-bond acceptors (Lipinski definition) is 5. The summed E-state index contributed by atoms with van der Waals surface area (Å²) in [6.07, 6.45) is 2.78. The van der Waals surface area contributed by atoms with Gasteiger partial charge in [-0.05, 0) is 44.4 Å². The summed E-state index contributed by atoms with van der Waals surface area (Å²) in [5.41, 5.74) is 1.51. The van der Waals surface area contributed by atoms with Crippen molar-refractivity contribution in [2.45, 2.75) is 32.2 Å². The summed E-state index contributed by atoms with van der Waals surface area (Å²) in [5.74, 6) is 0.231. The molecule has 1 N–H and O–H groups in total. The maximum atomic E-state index is 12.8. The number of hydrogen-bond donors (Lipinski definition) is 1. The lowest BCUT2D eigenvalue weighted by molar-refractivity contribution is 0.0600. The molecule has 138 valence electrons. The Bertz CT molecular complexity index is 821. The first kappa shape index (κ1) is 18.3. The van der Waals surface area contributed by atoms with Crippen LogP contribution in [0.1, 0.15) is 47.1 Å². The standard InChI is InChI=1S/C18H20ClN3O4/c1-11-9-15(21-26-11)16-5-3-4-8-22(16)18(24)20-14-7-6-12(10-13(14)19)17(23)25-2/h6-7,9-10,16H,3-5,8H2,1-2H3,(H,20,24)/t16-/m1/s1. The van der Waals surface area contributed by atoms with Crippen molar-refractivity contribution in [1.29, 1.82) is 0 Å². The molecule has 1 aromatic carbocycles. The number of aryl methyl sites for hydroxylation is 1. The molecule has 0 bridgehead atoms. The normalized spacial score (nSPS) is 17.0. The summed E-state index contributed by atoms with van der Waals surface area (Å²) < 4.78 is 9.82. The van der Waals surface area contributed by atoms with Crippen molar-refractivity contribution < 1.29 is 18.8 Å². The highest BCUT2D eigenvalue weighted by Crippen LogP contribution is 2.32. The smallest absolute Gasteiger partial charge is 0.337 e. The number of ether oxygens (including phenoxy) is 1. The van der Waals surface area contributed by atoms with Crippen LogP contribution in [0.2, 0.25) is 5.02 Å². The molecule has 0 spiro atoms. The molecule has 0 saturated carbocycles. The van der Waals surface area contributed by atoms with Crippen molar-refractivity contribution in [3.8, 4) is 0 Å². The quantitative estimate of drug-likeness (QED) is 0.811. The highest BCUT2D eigenvalue weighted by molar-refractivity contribution is 6.34. The first-order valence-electron chi connectivity index (χ1n) is 8.38. The average molecular weight is 378 g/mol. The number of benzene rings is 1. The Morgan fingerprint density at radius 1 is 1.35 bits per heavy atom. The predicted octanol–water partition coefficient (Wildman–Crippen LogP) is 4.18. The highest BCUT2D eigenvalue weighted by Gasteiger charge is 2.30. The molecule has 0 aliphatic carbocycles. The third-order valence-corrected chi connectivity index (χ3v) is 4.70. The van der Waals surface area contributed by atoms with Crippen LogP contribution in [0.25, 0.3) is 0 Å². The van der Waals surface area contributed by atoms with Crippen LogP contribution in [-0.2, 0) is 4.74 Å². The van der Waals surface area contributed by atoms with Gasteiger partial charge in [0.1, 0.15) is 11.5 Å². The molecule has 1 aliphatic heterocycles. The lowest BCUT2D eigenvalue weighted by atomic mass is 9.99. The molecule has 2 aromatic rings. The summed E-state index contributed by atoms with van der Waals surface area (Å²) in [7, 11) is 1.30. The number of piperidine rings is 1. The van der Waals surface area contributed by atoms with Crippen LogP contribution in [0, 0.1) is 6.92 Å². The van der Waals surface area contributed by atoms with E-state index in [1.54, 1.807) is 17.0 Å². The number of urea groups is 1. The maximum absolute atomic E-state index is 12.8. The number of aromatic nitrogens is 1. The van der Waals surface area contributed by atoms with Crippen LogP contribution in [0.15, 0.2) is 28.8 Å². The first-order valence-corrected chi connectivity index (χ1v) is 8.76. The number of esters is 1. The van der Waals surface area contributed by atoms with E-state index in [2.05, 4.69) is 15.2 Å². The van der Waals surface area contributed by atoms with Gasteiger partial charge in [0.2, 0.25) is 0 Å². The third kappa shape index (κ3) is 3.83. The van der Waals surface area contributed by atoms with Crippen molar-refractivity contribution in [2.75, 3.05) is 19.0 Å². The Labute approximate surface area is 156 Å². The van der Waals surface area contributed by atoms with Gasteiger partial charge in [-0.2, -0.15) is 0 Å². The van der Waals surface area contributed by atoms with Gasteiger partial charge in [-0.1, -0.05) is 16.8 Å². The summed E-state index contributed by atoms with van der Waals surface area (Å²) >= 11 is 6.20. The molecule has 26 heavy (non-hydrogen) atoms. The Hall–Kier alpha value is -2.54. The van der Waals surface area contributed by atoms with Gasteiger partial charge >= 0.3 is 12.0 Å². The minimum Gasteiger partial charge on any atom is -0.465 e. The summed E-state index contributed by atoms with van der Waals surface area (Å²) in [6.45, 7) is 2.45. The van der Waals surface area contributed by atoms with Crippen LogP contribution in [0.4, 0.5) is 10.5 Å². The monoisotopic (exact) mass is 377 g/mol. The van der Waals surface area contributed by atoms with E-state index >= 15 is 0 Å². The van der Waals surface area contributed by atoms with Gasteiger partial charge in [-0.25, -0.2) is 9.59 Å². The topological polar surface area (TPSA) is 84.7 Å². The minimum absolute atomic E-state index is 0.130. The molecule has 1 atom stereocenters. The molecular formula is C18H20ClN3O4. The van der Waals surface area contributed by atoms with Gasteiger partial charge < -0.3 is 19.5 Å². The summed E-state index contributed by atoms with van der Waals surface area (Å²) in [6, 6.07) is 6.08. The van der Waals surface area contributed by atoms with E-state index in [1.807, 2.05) is 13.0 Å². The van der Waals surface area contributed by atoms with Crippen molar-refractivity contribution >= 4 is 29.3 Å². The summed E-state index contributed by atoms with van der Waals surface area (Å²) in [5, 5.41) is 7.15. The van der Waals surface area contributed by atoms with Gasteiger partial charge in [-0.15, -0.1) is 0 Å². The molecule has 0 radical (unpaired) electrons. The fraction of sp³-hybridized carbons (Fsp3) is 0.389. The molecular weight excluding hydrogens is 358 g/mol. The van der Waals surface area contributed by atoms with E-state index in [0.29, 0.717) is 23.6 Å². The van der Waals surface area contributed by atoms with Crippen LogP contribution in [0.3, 0.4) is 0 Å². The molecule has 8 heteroatoms. The van der Waals surface area contributed by atoms with E-state index in [1.165, 1.54) is 13.2 Å². The fourth-order valence-corrected chi connectivity index (χ4v) is 3.30. The molecule has 0 unspecified atom stereocenters. The van der Waals surface area contributed by atoms with Gasteiger partial charge in [-0.3, -0.25) is 0 Å². The number of amides is 2. The SMILES string of the molecule is COC(=O)c1ccc(NC(=O)N2CCCC[C@@H]2c2cc(C)on2)c(Cl)c1. The minimum atomic E-state index is -0.484. The van der Waals surface area contributed by atoms with Crippen molar-refractivity contribution in [2.24, 2.45) is 0 Å². The largest absolute Gasteiger partial charge is 0.465 e. The zero-order valence-electron chi connectivity index (χ0n) is 14.6. The number of carbonyl (C=O) groups excluding carboxylic acids is 2. The average Bonchev–Trinajstić information content (AvgIpc) is 3.09. The van der Waals surface area contributed by atoms with Crippen LogP contribution < -0.4 is 5.32 Å². The number of carbonyl (C=O) groups is 2. The van der Waals surface area contributed by atoms with Crippen LogP contribution >= 0.6 is 11.6 Å². The zero-order chi connectivity index (χ0) is 18.7. The van der Waals surface area contributed by atoms with Crippen LogP contribution in [0.5, 0.6) is 0 Å². The highest BCUT2D eigenvalue weighted by atomic mass is 35.5. The number of methoxy groups -OCH3 is 1. The van der Waals surface area contributed by atoms with E-state index in [0.717, 1.165) is 25.0 Å². The number of anilines is 1. The Kier molecular flexibility index (Phi) is 5.46. The van der Waals surface area contributed by atoms with E-state index < -0.39 is 5.97 Å². The predicted molar refractivity (Wildman–Crippen MR) is 96.3 cm³/mol. The fourth-order valence-electron chi connectivity index (χ4n) is 3.07. The molecule has 3 rings (SSSR count). The van der Waals surface area contributed by atoms with Crippen molar-refractivity contribution in [3.63, 3.8) is 0 Å². The number of halogens is 1. The summed E-state index contributed by atoms with van der Waals surface area (Å²) in [4.78, 5) is 26.1. The van der Waals surface area contributed by atoms with E-state index in [4.69, 9.17) is 16.1 Å². The van der Waals surface area contributed by atoms with E-state index in [9.17, 15) is 9.59 Å². The lowest BCUT2D eigenvalue weighted by Crippen LogP contribution is -2.41. The molecule has 2 amide bonds. The second kappa shape index (κ2) is 7.78. The number of likely N-dealkylation sites (tertiary alicyclic amines) is 1. The Morgan fingerprint density at radius 2 is 2.15 bits per heavy atom. The lowest BCUT2D eigenvalue weighted by Gasteiger charge is -2.34. The maximum Gasteiger partial charge on any atom is 0.337 e. The second-order valence-electron chi connectivity index (χ2n) is 6.18. The zero-order valence-corrected chi connectivity index (χ0v) is 15.4. The molecule has 1 fully saturated rings. The third-order valence-electron chi connectivity index (χ3n) is 4.38. The molecule has 1 aromatic heterocycles. The molecule has 1 aliphatic rings. The Balaban J connectivity index is 1.76. The van der Waals surface area contributed by atoms with Gasteiger partial charge in [0, 0.05) is 12.6 Å².